The number of aryl methyl sites for hydroxylation is 1. The third-order valence-electron chi connectivity index (χ3n) is 1.50. The molecule has 4 nitrogen and oxygen atoms in total. The van der Waals surface area contributed by atoms with Crippen molar-refractivity contribution in [1.82, 2.24) is 15.5 Å². The van der Waals surface area contributed by atoms with Crippen LogP contribution < -0.4 is 5.32 Å². The van der Waals surface area contributed by atoms with Crippen LogP contribution in [0.4, 0.5) is 0 Å². The van der Waals surface area contributed by atoms with E-state index in [9.17, 15) is 0 Å². The highest BCUT2D eigenvalue weighted by Gasteiger charge is 2.02. The quantitative estimate of drug-likeness (QED) is 0.681. The molecule has 0 bridgehead atoms. The van der Waals surface area contributed by atoms with Crippen molar-refractivity contribution in [2.75, 3.05) is 0 Å². The lowest BCUT2D eigenvalue weighted by molar-refractivity contribution is 0.361. The first-order chi connectivity index (χ1) is 5.72. The molecule has 1 N–H and O–H groups in total. The maximum Gasteiger partial charge on any atom is 0.240 e. The van der Waals surface area contributed by atoms with Gasteiger partial charge in [-0.05, 0) is 13.8 Å². The average molecular weight is 167 g/mol. The predicted octanol–water partition coefficient (Wildman–Crippen LogP) is 1.04. The van der Waals surface area contributed by atoms with Crippen LogP contribution in [0.15, 0.2) is 17.2 Å². The lowest BCUT2D eigenvalue weighted by Crippen LogP contribution is -2.23. The molecular weight excluding hydrogens is 154 g/mol. The lowest BCUT2D eigenvalue weighted by Gasteiger charge is -2.04. The Hall–Kier alpha value is -1.16. The Kier molecular flexibility index (Phi) is 2.99. The molecule has 1 rings (SSSR count). The molecule has 12 heavy (non-hydrogen) atoms. The highest BCUT2D eigenvalue weighted by Crippen LogP contribution is 1.95. The summed E-state index contributed by atoms with van der Waals surface area (Å²) >= 11 is 0. The third kappa shape index (κ3) is 2.47. The van der Waals surface area contributed by atoms with Crippen LogP contribution in [-0.2, 0) is 6.54 Å². The molecule has 0 aliphatic rings. The molecule has 0 aliphatic heterocycles. The Labute approximate surface area is 71.7 Å². The minimum atomic E-state index is 0.261. The van der Waals surface area contributed by atoms with E-state index in [2.05, 4.69) is 22.0 Å². The Morgan fingerprint density at radius 1 is 1.75 bits per heavy atom. The number of nitrogens with zero attached hydrogens (tertiary/aromatic N) is 2. The van der Waals surface area contributed by atoms with E-state index in [1.165, 1.54) is 0 Å². The molecular formula is C8H13N3O. The van der Waals surface area contributed by atoms with Crippen molar-refractivity contribution < 1.29 is 4.52 Å². The van der Waals surface area contributed by atoms with Gasteiger partial charge >= 0.3 is 0 Å². The van der Waals surface area contributed by atoms with Crippen molar-refractivity contribution in [2.45, 2.75) is 26.4 Å². The fourth-order valence-corrected chi connectivity index (χ4v) is 0.743. The van der Waals surface area contributed by atoms with E-state index in [1.54, 1.807) is 6.92 Å². The Morgan fingerprint density at radius 3 is 3.00 bits per heavy atom. The van der Waals surface area contributed by atoms with E-state index in [1.807, 2.05) is 13.0 Å². The minimum Gasteiger partial charge on any atom is -0.338 e. The first-order valence-electron chi connectivity index (χ1n) is 3.87. The third-order valence-corrected chi connectivity index (χ3v) is 1.50. The second-order valence-electron chi connectivity index (χ2n) is 2.64. The van der Waals surface area contributed by atoms with Crippen LogP contribution >= 0.6 is 0 Å². The SMILES string of the molecule is C=CC(C)NCc1nc(C)no1. The minimum absolute atomic E-state index is 0.261. The first-order valence-corrected chi connectivity index (χ1v) is 3.87. The second kappa shape index (κ2) is 4.01. The first kappa shape index (κ1) is 8.93. The number of rotatable bonds is 4. The number of aromatic nitrogens is 2. The summed E-state index contributed by atoms with van der Waals surface area (Å²) in [5.74, 6) is 1.28. The summed E-state index contributed by atoms with van der Waals surface area (Å²) in [5.41, 5.74) is 0. The van der Waals surface area contributed by atoms with Gasteiger partial charge < -0.3 is 9.84 Å². The lowest BCUT2D eigenvalue weighted by atomic mass is 10.3. The normalized spacial score (nSPS) is 12.8. The van der Waals surface area contributed by atoms with Gasteiger partial charge in [-0.2, -0.15) is 4.98 Å². The maximum absolute atomic E-state index is 4.90. The molecule has 66 valence electrons. The van der Waals surface area contributed by atoms with E-state index in [4.69, 9.17) is 4.52 Å². The topological polar surface area (TPSA) is 51.0 Å². The van der Waals surface area contributed by atoms with Gasteiger partial charge in [0.2, 0.25) is 5.89 Å². The molecule has 0 aliphatic carbocycles. The zero-order valence-electron chi connectivity index (χ0n) is 7.37. The van der Waals surface area contributed by atoms with Gasteiger partial charge in [0.05, 0.1) is 6.54 Å². The van der Waals surface area contributed by atoms with Gasteiger partial charge in [-0.15, -0.1) is 6.58 Å². The van der Waals surface area contributed by atoms with Crippen molar-refractivity contribution >= 4 is 0 Å². The molecule has 1 aromatic heterocycles. The van der Waals surface area contributed by atoms with Crippen LogP contribution in [0.3, 0.4) is 0 Å². The zero-order valence-corrected chi connectivity index (χ0v) is 7.37. The van der Waals surface area contributed by atoms with Gasteiger partial charge in [0.25, 0.3) is 0 Å². The molecule has 0 aromatic carbocycles. The van der Waals surface area contributed by atoms with Crippen molar-refractivity contribution in [1.29, 1.82) is 0 Å². The Balaban J connectivity index is 2.37. The summed E-state index contributed by atoms with van der Waals surface area (Å²) in [5, 5.41) is 6.82. The fourth-order valence-electron chi connectivity index (χ4n) is 0.743. The van der Waals surface area contributed by atoms with Gasteiger partial charge in [-0.3, -0.25) is 0 Å². The van der Waals surface area contributed by atoms with Crippen LogP contribution in [0, 0.1) is 6.92 Å². The van der Waals surface area contributed by atoms with Gasteiger partial charge in [0.1, 0.15) is 0 Å². The van der Waals surface area contributed by atoms with E-state index in [0.717, 1.165) is 0 Å². The second-order valence-corrected chi connectivity index (χ2v) is 2.64. The van der Waals surface area contributed by atoms with Crippen LogP contribution in [-0.4, -0.2) is 16.2 Å². The van der Waals surface area contributed by atoms with Crippen LogP contribution in [0.1, 0.15) is 18.6 Å². The fraction of sp³-hybridized carbons (Fsp3) is 0.500. The standard InChI is InChI=1S/C8H13N3O/c1-4-6(2)9-5-8-10-7(3)11-12-8/h4,6,9H,1,5H2,2-3H3. The Bertz CT molecular complexity index is 257. The summed E-state index contributed by atoms with van der Waals surface area (Å²) in [4.78, 5) is 4.04. The summed E-state index contributed by atoms with van der Waals surface area (Å²) in [7, 11) is 0. The van der Waals surface area contributed by atoms with Gasteiger partial charge in [0, 0.05) is 6.04 Å². The van der Waals surface area contributed by atoms with Gasteiger partial charge in [-0.25, -0.2) is 0 Å². The summed E-state index contributed by atoms with van der Waals surface area (Å²) in [6.45, 7) is 8.05. The number of hydrogen-bond acceptors (Lipinski definition) is 4. The number of nitrogens with one attached hydrogen (secondary N) is 1. The smallest absolute Gasteiger partial charge is 0.240 e. The van der Waals surface area contributed by atoms with Crippen molar-refractivity contribution in [3.63, 3.8) is 0 Å². The maximum atomic E-state index is 4.90. The van der Waals surface area contributed by atoms with Crippen molar-refractivity contribution in [3.05, 3.63) is 24.4 Å². The summed E-state index contributed by atoms with van der Waals surface area (Å²) in [6, 6.07) is 0.261. The molecule has 0 amide bonds. The van der Waals surface area contributed by atoms with Crippen LogP contribution in [0.2, 0.25) is 0 Å². The van der Waals surface area contributed by atoms with E-state index >= 15 is 0 Å². The molecule has 0 saturated carbocycles. The molecule has 1 unspecified atom stereocenters. The summed E-state index contributed by atoms with van der Waals surface area (Å²) in [6.07, 6.45) is 1.82. The highest BCUT2D eigenvalue weighted by molar-refractivity contribution is 4.86. The molecule has 1 heterocycles. The predicted molar refractivity (Wildman–Crippen MR) is 45.5 cm³/mol. The van der Waals surface area contributed by atoms with E-state index < -0.39 is 0 Å². The van der Waals surface area contributed by atoms with Crippen LogP contribution in [0.5, 0.6) is 0 Å². The average Bonchev–Trinajstić information content (AvgIpc) is 2.47. The highest BCUT2D eigenvalue weighted by atomic mass is 16.5. The largest absolute Gasteiger partial charge is 0.338 e. The monoisotopic (exact) mass is 167 g/mol. The molecule has 0 saturated heterocycles. The van der Waals surface area contributed by atoms with E-state index in [0.29, 0.717) is 18.3 Å². The number of hydrogen-bond donors (Lipinski definition) is 1. The zero-order chi connectivity index (χ0) is 8.97. The molecule has 4 heteroatoms. The molecule has 1 atom stereocenters. The molecule has 0 spiro atoms. The van der Waals surface area contributed by atoms with Crippen molar-refractivity contribution in [2.24, 2.45) is 0 Å². The molecule has 0 radical (unpaired) electrons. The van der Waals surface area contributed by atoms with Gasteiger partial charge in [0.15, 0.2) is 5.82 Å². The molecule has 1 aromatic rings. The van der Waals surface area contributed by atoms with Crippen molar-refractivity contribution in [3.8, 4) is 0 Å². The van der Waals surface area contributed by atoms with E-state index in [-0.39, 0.29) is 6.04 Å². The summed E-state index contributed by atoms with van der Waals surface area (Å²) < 4.78 is 4.90. The van der Waals surface area contributed by atoms with Gasteiger partial charge in [-0.1, -0.05) is 11.2 Å². The van der Waals surface area contributed by atoms with Crippen LogP contribution in [0.25, 0.3) is 0 Å². The Morgan fingerprint density at radius 2 is 2.50 bits per heavy atom. The molecule has 0 fully saturated rings.